The molecule has 0 aliphatic rings. The van der Waals surface area contributed by atoms with Crippen molar-refractivity contribution in [3.8, 4) is 0 Å². The van der Waals surface area contributed by atoms with E-state index < -0.39 is 6.10 Å². The lowest BCUT2D eigenvalue weighted by molar-refractivity contribution is 0.171. The highest BCUT2D eigenvalue weighted by molar-refractivity contribution is 5.53. The first-order valence-electron chi connectivity index (χ1n) is 6.81. The molecule has 0 heterocycles. The third-order valence-electron chi connectivity index (χ3n) is 3.59. The summed E-state index contributed by atoms with van der Waals surface area (Å²) >= 11 is 0. The first-order chi connectivity index (χ1) is 9.58. The largest absolute Gasteiger partial charge is 0.388 e. The van der Waals surface area contributed by atoms with E-state index >= 15 is 0 Å². The molecule has 20 heavy (non-hydrogen) atoms. The molecule has 106 valence electrons. The van der Waals surface area contributed by atoms with E-state index in [1.54, 1.807) is 12.1 Å². The van der Waals surface area contributed by atoms with Crippen LogP contribution in [0.4, 0.5) is 10.1 Å². The molecular weight excluding hydrogens is 253 g/mol. The maximum Gasteiger partial charge on any atom is 0.123 e. The average molecular weight is 273 g/mol. The third-order valence-corrected chi connectivity index (χ3v) is 3.59. The summed E-state index contributed by atoms with van der Waals surface area (Å²) in [5.41, 5.74) is 4.31. The Morgan fingerprint density at radius 3 is 2.50 bits per heavy atom. The molecule has 2 aromatic carbocycles. The maximum atomic E-state index is 12.8. The van der Waals surface area contributed by atoms with Gasteiger partial charge in [0, 0.05) is 12.2 Å². The fourth-order valence-electron chi connectivity index (χ4n) is 2.14. The monoisotopic (exact) mass is 273 g/mol. The van der Waals surface area contributed by atoms with E-state index in [-0.39, 0.29) is 5.82 Å². The van der Waals surface area contributed by atoms with Gasteiger partial charge in [-0.15, -0.1) is 0 Å². The number of aliphatic hydroxyl groups excluding tert-OH is 1. The molecule has 0 saturated heterocycles. The summed E-state index contributed by atoms with van der Waals surface area (Å²) in [6.45, 7) is 4.82. The van der Waals surface area contributed by atoms with Crippen molar-refractivity contribution < 1.29 is 9.50 Å². The van der Waals surface area contributed by atoms with E-state index in [9.17, 15) is 9.50 Å². The molecule has 0 aliphatic carbocycles. The van der Waals surface area contributed by atoms with E-state index in [1.165, 1.54) is 23.3 Å². The van der Waals surface area contributed by atoms with Crippen molar-refractivity contribution in [3.63, 3.8) is 0 Å². The first-order valence-corrected chi connectivity index (χ1v) is 6.81. The third kappa shape index (κ3) is 3.58. The minimum atomic E-state index is -0.576. The minimum absolute atomic E-state index is 0.283. The van der Waals surface area contributed by atoms with Crippen LogP contribution in [0.25, 0.3) is 0 Å². The zero-order valence-corrected chi connectivity index (χ0v) is 11.9. The molecule has 2 aromatic rings. The van der Waals surface area contributed by atoms with E-state index in [1.807, 2.05) is 12.1 Å². The molecule has 2 nitrogen and oxygen atoms in total. The molecule has 0 aliphatic heterocycles. The molecule has 0 bridgehead atoms. The van der Waals surface area contributed by atoms with Gasteiger partial charge in [0.2, 0.25) is 0 Å². The lowest BCUT2D eigenvalue weighted by Crippen LogP contribution is -2.08. The lowest BCUT2D eigenvalue weighted by Gasteiger charge is -2.14. The zero-order chi connectivity index (χ0) is 14.5. The fourth-order valence-corrected chi connectivity index (χ4v) is 2.14. The Bertz CT molecular complexity index is 566. The Labute approximate surface area is 119 Å². The Hall–Kier alpha value is -1.87. The van der Waals surface area contributed by atoms with Crippen molar-refractivity contribution >= 4 is 5.69 Å². The van der Waals surface area contributed by atoms with Crippen molar-refractivity contribution in [3.05, 3.63) is 65.0 Å². The minimum Gasteiger partial charge on any atom is -0.388 e. The van der Waals surface area contributed by atoms with E-state index in [2.05, 4.69) is 25.2 Å². The summed E-state index contributed by atoms with van der Waals surface area (Å²) in [5.74, 6) is -0.283. The van der Waals surface area contributed by atoms with Gasteiger partial charge in [0.1, 0.15) is 5.82 Å². The molecule has 0 amide bonds. The number of aryl methyl sites for hydroxylation is 1. The number of hydrogen-bond donors (Lipinski definition) is 2. The van der Waals surface area contributed by atoms with Gasteiger partial charge >= 0.3 is 0 Å². The van der Waals surface area contributed by atoms with Crippen molar-refractivity contribution in [1.82, 2.24) is 0 Å². The Kier molecular flexibility index (Phi) is 4.74. The molecule has 1 atom stereocenters. The highest BCUT2D eigenvalue weighted by Crippen LogP contribution is 2.20. The number of benzene rings is 2. The van der Waals surface area contributed by atoms with Crippen LogP contribution in [0, 0.1) is 19.7 Å². The molecule has 3 heteroatoms. The van der Waals surface area contributed by atoms with E-state index in [0.29, 0.717) is 13.0 Å². The van der Waals surface area contributed by atoms with Gasteiger partial charge in [-0.3, -0.25) is 0 Å². The van der Waals surface area contributed by atoms with Crippen molar-refractivity contribution in [2.24, 2.45) is 0 Å². The van der Waals surface area contributed by atoms with Crippen molar-refractivity contribution in [2.45, 2.75) is 26.4 Å². The van der Waals surface area contributed by atoms with Crippen LogP contribution in [-0.4, -0.2) is 11.7 Å². The van der Waals surface area contributed by atoms with Crippen LogP contribution >= 0.6 is 0 Å². The summed E-state index contributed by atoms with van der Waals surface area (Å²) in [6.07, 6.45) is 0.00663. The summed E-state index contributed by atoms with van der Waals surface area (Å²) in [5, 5.41) is 13.4. The van der Waals surface area contributed by atoms with Crippen LogP contribution in [0.15, 0.2) is 42.5 Å². The second-order valence-electron chi connectivity index (χ2n) is 5.03. The lowest BCUT2D eigenvalue weighted by atomic mass is 10.1. The number of halogens is 1. The number of rotatable bonds is 5. The Balaban J connectivity index is 1.89. The molecule has 0 saturated carbocycles. The van der Waals surface area contributed by atoms with Crippen molar-refractivity contribution in [1.29, 1.82) is 0 Å². The van der Waals surface area contributed by atoms with Gasteiger partial charge in [-0.25, -0.2) is 4.39 Å². The Morgan fingerprint density at radius 1 is 1.10 bits per heavy atom. The quantitative estimate of drug-likeness (QED) is 0.863. The van der Waals surface area contributed by atoms with E-state index in [4.69, 9.17) is 0 Å². The topological polar surface area (TPSA) is 32.3 Å². The first kappa shape index (κ1) is 14.5. The van der Waals surface area contributed by atoms with Gasteiger partial charge in [-0.05, 0) is 55.2 Å². The number of anilines is 1. The maximum absolute atomic E-state index is 12.8. The van der Waals surface area contributed by atoms with Crippen LogP contribution in [0.3, 0.4) is 0 Å². The van der Waals surface area contributed by atoms with Gasteiger partial charge in [-0.2, -0.15) is 0 Å². The summed E-state index contributed by atoms with van der Waals surface area (Å²) in [6, 6.07) is 12.1. The summed E-state index contributed by atoms with van der Waals surface area (Å²) in [7, 11) is 0. The molecule has 2 N–H and O–H groups in total. The molecule has 0 radical (unpaired) electrons. The van der Waals surface area contributed by atoms with Crippen LogP contribution in [-0.2, 0) is 0 Å². The van der Waals surface area contributed by atoms with Crippen molar-refractivity contribution in [2.75, 3.05) is 11.9 Å². The molecule has 0 aromatic heterocycles. The predicted octanol–water partition coefficient (Wildman–Crippen LogP) is 3.98. The smallest absolute Gasteiger partial charge is 0.123 e. The predicted molar refractivity (Wildman–Crippen MR) is 80.4 cm³/mol. The highest BCUT2D eigenvalue weighted by Gasteiger charge is 2.07. The Morgan fingerprint density at radius 2 is 1.80 bits per heavy atom. The normalized spacial score (nSPS) is 12.2. The SMILES string of the molecule is Cc1cccc(NCCC(O)c2ccc(F)cc2)c1C. The summed E-state index contributed by atoms with van der Waals surface area (Å²) < 4.78 is 12.8. The summed E-state index contributed by atoms with van der Waals surface area (Å²) in [4.78, 5) is 0. The standard InChI is InChI=1S/C17H20FNO/c1-12-4-3-5-16(13(12)2)19-11-10-17(20)14-6-8-15(18)9-7-14/h3-9,17,19-20H,10-11H2,1-2H3. The van der Waals surface area contributed by atoms with Gasteiger partial charge in [0.05, 0.1) is 6.10 Å². The average Bonchev–Trinajstić information content (AvgIpc) is 2.44. The second kappa shape index (κ2) is 6.53. The number of hydrogen-bond acceptors (Lipinski definition) is 2. The molecule has 1 unspecified atom stereocenters. The van der Waals surface area contributed by atoms with E-state index in [0.717, 1.165) is 11.3 Å². The highest BCUT2D eigenvalue weighted by atomic mass is 19.1. The number of aliphatic hydroxyl groups is 1. The van der Waals surface area contributed by atoms with Gasteiger partial charge in [0.25, 0.3) is 0 Å². The van der Waals surface area contributed by atoms with Gasteiger partial charge in [-0.1, -0.05) is 24.3 Å². The van der Waals surface area contributed by atoms with Gasteiger partial charge in [0.15, 0.2) is 0 Å². The van der Waals surface area contributed by atoms with Crippen LogP contribution < -0.4 is 5.32 Å². The molecular formula is C17H20FNO. The van der Waals surface area contributed by atoms with Crippen LogP contribution in [0.1, 0.15) is 29.2 Å². The van der Waals surface area contributed by atoms with Crippen LogP contribution in [0.5, 0.6) is 0 Å². The molecule has 0 spiro atoms. The molecule has 0 fully saturated rings. The second-order valence-corrected chi connectivity index (χ2v) is 5.03. The molecule has 2 rings (SSSR count). The zero-order valence-electron chi connectivity index (χ0n) is 11.9. The van der Waals surface area contributed by atoms with Crippen LogP contribution in [0.2, 0.25) is 0 Å². The fraction of sp³-hybridized carbons (Fsp3) is 0.294. The van der Waals surface area contributed by atoms with Gasteiger partial charge < -0.3 is 10.4 Å². The number of nitrogens with one attached hydrogen (secondary N) is 1.